The van der Waals surface area contributed by atoms with Gasteiger partial charge < -0.3 is 105 Å². The molecule has 0 aliphatic heterocycles. The number of aliphatic hydroxyl groups excluding tert-OH is 2. The first kappa shape index (κ1) is 68.7. The van der Waals surface area contributed by atoms with Gasteiger partial charge >= 0.3 is 0 Å². The lowest BCUT2D eigenvalue weighted by atomic mass is 9.80. The smallest absolute Gasteiger partial charge is 0.203 e. The molecule has 0 saturated heterocycles. The fraction of sp³-hybridized carbons (Fsp3) is 0.778. The zero-order chi connectivity index (χ0) is 54.8. The molecule has 442 valence electrons. The van der Waals surface area contributed by atoms with Gasteiger partial charge in [-0.05, 0) is 72.9 Å². The van der Waals surface area contributed by atoms with Gasteiger partial charge in [-0.15, -0.1) is 0 Å². The van der Waals surface area contributed by atoms with E-state index < -0.39 is 0 Å². The Balaban J connectivity index is 1.88. The number of benzene rings is 2. The van der Waals surface area contributed by atoms with Crippen molar-refractivity contribution >= 4 is 0 Å². The predicted molar refractivity (Wildman–Crippen MR) is 281 cm³/mol. The van der Waals surface area contributed by atoms with Crippen molar-refractivity contribution in [1.82, 2.24) is 0 Å². The van der Waals surface area contributed by atoms with Gasteiger partial charge in [-0.25, -0.2) is 0 Å². The third kappa shape index (κ3) is 33.8. The SMILES string of the molecule is COc1cc(C[C@@H](CCCOCCOCCOCCOCCOCCOCCOCCO)[C@H](COCCOCCOCCOCCOCCOCCOCCO)Cc2cc(OC)c(OC)c(OC)c2)cc(OC)c1OC. The Bertz CT molecular complexity index is 1560. The number of ether oxygens (including phenoxy) is 20. The fourth-order valence-corrected chi connectivity index (χ4v) is 7.53. The van der Waals surface area contributed by atoms with Crippen LogP contribution in [0.15, 0.2) is 24.3 Å². The molecule has 0 radical (unpaired) electrons. The first-order valence-corrected chi connectivity index (χ1v) is 26.4. The van der Waals surface area contributed by atoms with E-state index in [2.05, 4.69) is 0 Å². The molecular formula is C54H94O22. The van der Waals surface area contributed by atoms with Crippen LogP contribution in [0.3, 0.4) is 0 Å². The monoisotopic (exact) mass is 1090 g/mol. The Hall–Kier alpha value is -3.40. The molecule has 2 aromatic rings. The molecule has 0 amide bonds. The summed E-state index contributed by atoms with van der Waals surface area (Å²) >= 11 is 0. The molecule has 2 N–H and O–H groups in total. The van der Waals surface area contributed by atoms with Crippen molar-refractivity contribution in [3.05, 3.63) is 35.4 Å². The maximum atomic E-state index is 8.71. The Kier molecular flexibility index (Phi) is 45.1. The summed E-state index contributed by atoms with van der Waals surface area (Å²) in [4.78, 5) is 0. The highest BCUT2D eigenvalue weighted by Gasteiger charge is 2.26. The van der Waals surface area contributed by atoms with E-state index in [4.69, 9.17) is 105 Å². The third-order valence-corrected chi connectivity index (χ3v) is 11.2. The fourth-order valence-electron chi connectivity index (χ4n) is 7.53. The summed E-state index contributed by atoms with van der Waals surface area (Å²) in [6.45, 7) is 12.5. The summed E-state index contributed by atoms with van der Waals surface area (Å²) < 4.78 is 113. The molecule has 2 aromatic carbocycles. The van der Waals surface area contributed by atoms with Crippen LogP contribution in [0.25, 0.3) is 0 Å². The van der Waals surface area contributed by atoms with Crippen LogP contribution in [0, 0.1) is 11.8 Å². The molecular weight excluding hydrogens is 1000 g/mol. The molecule has 22 nitrogen and oxygen atoms in total. The van der Waals surface area contributed by atoms with E-state index in [9.17, 15) is 0 Å². The summed E-state index contributed by atoms with van der Waals surface area (Å²) in [5, 5.41) is 17.4. The minimum Gasteiger partial charge on any atom is -0.493 e. The largest absolute Gasteiger partial charge is 0.493 e. The molecule has 0 unspecified atom stereocenters. The normalized spacial score (nSPS) is 12.3. The van der Waals surface area contributed by atoms with Crippen molar-refractivity contribution in [2.75, 3.05) is 241 Å². The van der Waals surface area contributed by atoms with Gasteiger partial charge in [0.25, 0.3) is 0 Å². The Morgan fingerprint density at radius 3 is 0.776 bits per heavy atom. The van der Waals surface area contributed by atoms with Gasteiger partial charge in [0.2, 0.25) is 11.5 Å². The standard InChI is InChI=1S/C54H94O22/c1-57-49-40-45(41-50(58-2)53(49)61-5)38-47(8-7-11-63-14-17-66-20-23-69-26-29-72-30-27-70-24-21-67-18-15-64-12-9-55)48(39-46-42-51(59-3)54(62-6)52(43-46)60-4)44-76-37-36-75-35-34-74-33-32-73-31-28-71-25-22-68-19-16-65-13-10-56/h40-43,47-48,55-56H,7-39,44H2,1-6H3/t47-,48+/m1/s1. The van der Waals surface area contributed by atoms with Crippen LogP contribution in [0.1, 0.15) is 24.0 Å². The summed E-state index contributed by atoms with van der Waals surface area (Å²) in [6, 6.07) is 7.99. The molecule has 0 spiro atoms. The molecule has 0 aromatic heterocycles. The van der Waals surface area contributed by atoms with Crippen molar-refractivity contribution in [2.45, 2.75) is 25.7 Å². The first-order valence-electron chi connectivity index (χ1n) is 26.4. The molecule has 0 aliphatic carbocycles. The molecule has 0 fully saturated rings. The Morgan fingerprint density at radius 2 is 0.526 bits per heavy atom. The average Bonchev–Trinajstić information content (AvgIpc) is 3.44. The van der Waals surface area contributed by atoms with Gasteiger partial charge in [0, 0.05) is 6.61 Å². The lowest BCUT2D eigenvalue weighted by molar-refractivity contribution is -0.0238. The molecule has 76 heavy (non-hydrogen) atoms. The summed E-state index contributed by atoms with van der Waals surface area (Å²) in [5.74, 6) is 3.55. The topological polar surface area (TPSA) is 225 Å². The summed E-state index contributed by atoms with van der Waals surface area (Å²) in [7, 11) is 9.66. The average molecular weight is 1100 g/mol. The van der Waals surface area contributed by atoms with Gasteiger partial charge in [-0.3, -0.25) is 0 Å². The van der Waals surface area contributed by atoms with Crippen molar-refractivity contribution in [1.29, 1.82) is 0 Å². The lowest BCUT2D eigenvalue weighted by Crippen LogP contribution is -2.26. The molecule has 0 bridgehead atoms. The minimum atomic E-state index is 0.00418. The first-order chi connectivity index (χ1) is 37.5. The second-order valence-corrected chi connectivity index (χ2v) is 16.6. The van der Waals surface area contributed by atoms with E-state index in [1.807, 2.05) is 24.3 Å². The van der Waals surface area contributed by atoms with Crippen LogP contribution in [0.4, 0.5) is 0 Å². The highest BCUT2D eigenvalue weighted by atomic mass is 16.6. The van der Waals surface area contributed by atoms with Gasteiger partial charge in [0.05, 0.1) is 234 Å². The van der Waals surface area contributed by atoms with Crippen molar-refractivity contribution < 1.29 is 105 Å². The molecule has 2 rings (SSSR count). The van der Waals surface area contributed by atoms with E-state index >= 15 is 0 Å². The van der Waals surface area contributed by atoms with E-state index in [0.29, 0.717) is 232 Å². The minimum absolute atomic E-state index is 0.00418. The van der Waals surface area contributed by atoms with Crippen molar-refractivity contribution in [3.63, 3.8) is 0 Å². The highest BCUT2D eigenvalue weighted by Crippen LogP contribution is 2.41. The van der Waals surface area contributed by atoms with E-state index in [-0.39, 0.29) is 25.0 Å². The Morgan fingerprint density at radius 1 is 0.289 bits per heavy atom. The number of aliphatic hydroxyl groups is 2. The maximum absolute atomic E-state index is 8.71. The zero-order valence-corrected chi connectivity index (χ0v) is 46.6. The number of methoxy groups -OCH3 is 6. The van der Waals surface area contributed by atoms with Crippen LogP contribution in [0.2, 0.25) is 0 Å². The second kappa shape index (κ2) is 49.9. The zero-order valence-electron chi connectivity index (χ0n) is 46.6. The van der Waals surface area contributed by atoms with E-state index in [1.165, 1.54) is 0 Å². The molecule has 22 heteroatoms. The third-order valence-electron chi connectivity index (χ3n) is 11.2. The van der Waals surface area contributed by atoms with E-state index in [1.54, 1.807) is 42.7 Å². The summed E-state index contributed by atoms with van der Waals surface area (Å²) in [6.07, 6.45) is 2.98. The van der Waals surface area contributed by atoms with Gasteiger partial charge in [0.1, 0.15) is 0 Å². The van der Waals surface area contributed by atoms with Crippen LogP contribution in [0.5, 0.6) is 34.5 Å². The van der Waals surface area contributed by atoms with Gasteiger partial charge in [0.15, 0.2) is 23.0 Å². The number of hydrogen-bond acceptors (Lipinski definition) is 22. The van der Waals surface area contributed by atoms with Crippen LogP contribution < -0.4 is 28.4 Å². The Labute approximate surface area is 452 Å². The number of hydrogen-bond donors (Lipinski definition) is 2. The number of rotatable bonds is 57. The van der Waals surface area contributed by atoms with Crippen LogP contribution in [-0.4, -0.2) is 251 Å². The van der Waals surface area contributed by atoms with E-state index in [0.717, 1.165) is 24.0 Å². The molecule has 2 atom stereocenters. The van der Waals surface area contributed by atoms with Gasteiger partial charge in [-0.2, -0.15) is 0 Å². The molecule has 0 heterocycles. The maximum Gasteiger partial charge on any atom is 0.203 e. The molecule has 0 saturated carbocycles. The molecule has 0 aliphatic rings. The lowest BCUT2D eigenvalue weighted by Gasteiger charge is -2.29. The van der Waals surface area contributed by atoms with Gasteiger partial charge in [-0.1, -0.05) is 0 Å². The van der Waals surface area contributed by atoms with Crippen molar-refractivity contribution in [3.8, 4) is 34.5 Å². The van der Waals surface area contributed by atoms with Crippen LogP contribution >= 0.6 is 0 Å². The predicted octanol–water partition coefficient (Wildman–Crippen LogP) is 3.75. The highest BCUT2D eigenvalue weighted by molar-refractivity contribution is 5.55. The van der Waals surface area contributed by atoms with Crippen molar-refractivity contribution in [2.24, 2.45) is 11.8 Å². The summed E-state index contributed by atoms with van der Waals surface area (Å²) in [5.41, 5.74) is 2.04. The van der Waals surface area contributed by atoms with Crippen LogP contribution in [-0.2, 0) is 79.2 Å². The quantitative estimate of drug-likeness (QED) is 0.0900. The second-order valence-electron chi connectivity index (χ2n) is 16.6.